The van der Waals surface area contributed by atoms with E-state index in [1.165, 1.54) is 12.1 Å². The number of amides is 1. The van der Waals surface area contributed by atoms with Gasteiger partial charge in [-0.25, -0.2) is 0 Å². The molecule has 1 aliphatic rings. The molecular formula is C14H17F3N2O. The Labute approximate surface area is 115 Å². The Bertz CT molecular complexity index is 470. The molecule has 0 aromatic heterocycles. The standard InChI is InChI=1S/C14H17F3N2O/c1-9-8-12(6-7-18-9)19-13(20)10-2-4-11(5-3-10)14(15,16)17/h2-5,9,12,18H,6-8H2,1H3,(H,19,20). The van der Waals surface area contributed by atoms with Crippen LogP contribution in [0.5, 0.6) is 0 Å². The lowest BCUT2D eigenvalue weighted by molar-refractivity contribution is -0.137. The molecule has 1 amide bonds. The zero-order valence-corrected chi connectivity index (χ0v) is 11.1. The Hall–Kier alpha value is -1.56. The van der Waals surface area contributed by atoms with Crippen LogP contribution >= 0.6 is 0 Å². The minimum Gasteiger partial charge on any atom is -0.349 e. The predicted molar refractivity (Wildman–Crippen MR) is 69.4 cm³/mol. The summed E-state index contributed by atoms with van der Waals surface area (Å²) in [6.45, 7) is 2.87. The average molecular weight is 286 g/mol. The number of benzene rings is 1. The summed E-state index contributed by atoms with van der Waals surface area (Å²) in [6.07, 6.45) is -2.72. The lowest BCUT2D eigenvalue weighted by Crippen LogP contribution is -2.46. The van der Waals surface area contributed by atoms with Gasteiger partial charge < -0.3 is 10.6 Å². The molecule has 0 bridgehead atoms. The molecule has 2 rings (SSSR count). The van der Waals surface area contributed by atoms with E-state index in [4.69, 9.17) is 0 Å². The van der Waals surface area contributed by atoms with Crippen molar-refractivity contribution >= 4 is 5.91 Å². The van der Waals surface area contributed by atoms with E-state index in [9.17, 15) is 18.0 Å². The third kappa shape index (κ3) is 3.72. The molecule has 0 saturated carbocycles. The average Bonchev–Trinajstić information content (AvgIpc) is 2.38. The molecule has 110 valence electrons. The Kier molecular flexibility index (Phi) is 4.32. The Morgan fingerprint density at radius 3 is 2.50 bits per heavy atom. The molecule has 1 saturated heterocycles. The molecule has 1 fully saturated rings. The SMILES string of the molecule is CC1CC(NC(=O)c2ccc(C(F)(F)F)cc2)CCN1. The van der Waals surface area contributed by atoms with Crippen molar-refractivity contribution < 1.29 is 18.0 Å². The molecule has 20 heavy (non-hydrogen) atoms. The van der Waals surface area contributed by atoms with Crippen LogP contribution in [0.25, 0.3) is 0 Å². The van der Waals surface area contributed by atoms with E-state index < -0.39 is 11.7 Å². The summed E-state index contributed by atoms with van der Waals surface area (Å²) in [5.74, 6) is -0.321. The number of alkyl halides is 3. The quantitative estimate of drug-likeness (QED) is 0.877. The summed E-state index contributed by atoms with van der Waals surface area (Å²) in [5.41, 5.74) is -0.492. The fourth-order valence-electron chi connectivity index (χ4n) is 2.34. The molecule has 3 nitrogen and oxygen atoms in total. The second kappa shape index (κ2) is 5.83. The van der Waals surface area contributed by atoms with E-state index >= 15 is 0 Å². The monoisotopic (exact) mass is 286 g/mol. The molecule has 0 spiro atoms. The maximum absolute atomic E-state index is 12.4. The molecule has 1 aromatic rings. The summed E-state index contributed by atoms with van der Waals surface area (Å²) in [5, 5.41) is 6.14. The molecule has 1 heterocycles. The zero-order chi connectivity index (χ0) is 14.8. The van der Waals surface area contributed by atoms with Crippen molar-refractivity contribution in [1.29, 1.82) is 0 Å². The summed E-state index contributed by atoms with van der Waals surface area (Å²) in [6, 6.07) is 4.69. The molecule has 0 radical (unpaired) electrons. The van der Waals surface area contributed by atoms with Crippen LogP contribution in [0.1, 0.15) is 35.7 Å². The van der Waals surface area contributed by atoms with Crippen LogP contribution in [0.15, 0.2) is 24.3 Å². The van der Waals surface area contributed by atoms with Crippen molar-refractivity contribution in [3.63, 3.8) is 0 Å². The molecule has 6 heteroatoms. The van der Waals surface area contributed by atoms with Gasteiger partial charge in [0.25, 0.3) is 5.91 Å². The number of carbonyl (C=O) groups is 1. The zero-order valence-electron chi connectivity index (χ0n) is 11.1. The molecule has 0 aliphatic carbocycles. The van der Waals surface area contributed by atoms with Gasteiger partial charge in [-0.15, -0.1) is 0 Å². The van der Waals surface area contributed by atoms with Crippen molar-refractivity contribution in [3.05, 3.63) is 35.4 Å². The maximum atomic E-state index is 12.4. The largest absolute Gasteiger partial charge is 0.416 e. The van der Waals surface area contributed by atoms with E-state index in [0.717, 1.165) is 31.5 Å². The second-order valence-electron chi connectivity index (χ2n) is 5.13. The highest BCUT2D eigenvalue weighted by Crippen LogP contribution is 2.29. The van der Waals surface area contributed by atoms with Gasteiger partial charge in [-0.05, 0) is 50.6 Å². The lowest BCUT2D eigenvalue weighted by Gasteiger charge is -2.28. The first-order valence-electron chi connectivity index (χ1n) is 6.58. The van der Waals surface area contributed by atoms with Crippen molar-refractivity contribution in [2.75, 3.05) is 6.54 Å². The first-order valence-corrected chi connectivity index (χ1v) is 6.58. The van der Waals surface area contributed by atoms with E-state index in [-0.39, 0.29) is 17.5 Å². The van der Waals surface area contributed by atoms with Crippen LogP contribution in [-0.2, 0) is 6.18 Å². The van der Waals surface area contributed by atoms with Crippen LogP contribution in [-0.4, -0.2) is 24.5 Å². The van der Waals surface area contributed by atoms with Crippen molar-refractivity contribution in [1.82, 2.24) is 10.6 Å². The molecule has 2 atom stereocenters. The number of nitrogens with one attached hydrogen (secondary N) is 2. The smallest absolute Gasteiger partial charge is 0.349 e. The Balaban J connectivity index is 1.99. The number of carbonyl (C=O) groups excluding carboxylic acids is 1. The fraction of sp³-hybridized carbons (Fsp3) is 0.500. The summed E-state index contributed by atoms with van der Waals surface area (Å²) < 4.78 is 37.3. The van der Waals surface area contributed by atoms with Gasteiger partial charge in [0.15, 0.2) is 0 Å². The van der Waals surface area contributed by atoms with Gasteiger partial charge in [-0.3, -0.25) is 4.79 Å². The number of piperidine rings is 1. The van der Waals surface area contributed by atoms with Crippen LogP contribution in [0, 0.1) is 0 Å². The third-order valence-electron chi connectivity index (χ3n) is 3.43. The third-order valence-corrected chi connectivity index (χ3v) is 3.43. The van der Waals surface area contributed by atoms with Gasteiger partial charge in [0.05, 0.1) is 5.56 Å². The topological polar surface area (TPSA) is 41.1 Å². The highest BCUT2D eigenvalue weighted by atomic mass is 19.4. The maximum Gasteiger partial charge on any atom is 0.416 e. The minimum atomic E-state index is -4.38. The first-order chi connectivity index (χ1) is 9.36. The number of hydrogen-bond acceptors (Lipinski definition) is 2. The number of halogens is 3. The van der Waals surface area contributed by atoms with Crippen molar-refractivity contribution in [2.24, 2.45) is 0 Å². The summed E-state index contributed by atoms with van der Waals surface area (Å²) in [7, 11) is 0. The molecule has 2 unspecified atom stereocenters. The molecular weight excluding hydrogens is 269 g/mol. The van der Waals surface area contributed by atoms with Crippen molar-refractivity contribution in [3.8, 4) is 0 Å². The van der Waals surface area contributed by atoms with Gasteiger partial charge in [-0.2, -0.15) is 13.2 Å². The van der Waals surface area contributed by atoms with Gasteiger partial charge in [0.1, 0.15) is 0 Å². The van der Waals surface area contributed by atoms with Crippen LogP contribution < -0.4 is 10.6 Å². The predicted octanol–water partition coefficient (Wildman–Crippen LogP) is 2.58. The van der Waals surface area contributed by atoms with Gasteiger partial charge in [0.2, 0.25) is 0 Å². The van der Waals surface area contributed by atoms with Gasteiger partial charge in [0, 0.05) is 17.6 Å². The highest BCUT2D eigenvalue weighted by Gasteiger charge is 2.30. The summed E-state index contributed by atoms with van der Waals surface area (Å²) in [4.78, 5) is 12.0. The van der Waals surface area contributed by atoms with Gasteiger partial charge in [-0.1, -0.05) is 0 Å². The van der Waals surface area contributed by atoms with E-state index in [1.807, 2.05) is 6.92 Å². The van der Waals surface area contributed by atoms with E-state index in [1.54, 1.807) is 0 Å². The number of hydrogen-bond donors (Lipinski definition) is 2. The van der Waals surface area contributed by atoms with Crippen LogP contribution in [0.3, 0.4) is 0 Å². The van der Waals surface area contributed by atoms with Gasteiger partial charge >= 0.3 is 6.18 Å². The van der Waals surface area contributed by atoms with Crippen LogP contribution in [0.2, 0.25) is 0 Å². The summed E-state index contributed by atoms with van der Waals surface area (Å²) >= 11 is 0. The highest BCUT2D eigenvalue weighted by molar-refractivity contribution is 5.94. The molecule has 1 aromatic carbocycles. The van der Waals surface area contributed by atoms with Crippen molar-refractivity contribution in [2.45, 2.75) is 38.0 Å². The molecule has 1 aliphatic heterocycles. The minimum absolute atomic E-state index is 0.0704. The normalized spacial score (nSPS) is 23.4. The van der Waals surface area contributed by atoms with Crippen LogP contribution in [0.4, 0.5) is 13.2 Å². The Morgan fingerprint density at radius 2 is 1.95 bits per heavy atom. The second-order valence-corrected chi connectivity index (χ2v) is 5.13. The lowest BCUT2D eigenvalue weighted by atomic mass is 10.00. The van der Waals surface area contributed by atoms with E-state index in [2.05, 4.69) is 10.6 Å². The number of rotatable bonds is 2. The fourth-order valence-corrected chi connectivity index (χ4v) is 2.34. The first kappa shape index (κ1) is 14.8. The van der Waals surface area contributed by atoms with E-state index in [0.29, 0.717) is 6.04 Å². The molecule has 2 N–H and O–H groups in total. The Morgan fingerprint density at radius 1 is 1.30 bits per heavy atom.